The van der Waals surface area contributed by atoms with Crippen LogP contribution < -0.4 is 0 Å². The highest BCUT2D eigenvalue weighted by Gasteiger charge is 2.21. The first-order valence-electron chi connectivity index (χ1n) is 4.30. The van der Waals surface area contributed by atoms with E-state index in [1.54, 1.807) is 0 Å². The lowest BCUT2D eigenvalue weighted by molar-refractivity contribution is -0.895. The standard InChI is InChI=1S/C9H11N3O/c13-12(7-6-10-11-12)8-9-4-2-1-3-5-9/h1-5H,6-8H2. The Kier molecular flexibility index (Phi) is 2.08. The summed E-state index contributed by atoms with van der Waals surface area (Å²) in [6, 6.07) is 9.66. The van der Waals surface area contributed by atoms with Gasteiger partial charge in [0.05, 0.1) is 0 Å². The molecule has 0 spiro atoms. The molecule has 0 amide bonds. The van der Waals surface area contributed by atoms with E-state index in [0.717, 1.165) is 5.56 Å². The third kappa shape index (κ3) is 1.91. The Morgan fingerprint density at radius 2 is 2.08 bits per heavy atom. The minimum Gasteiger partial charge on any atom is -0.603 e. The van der Waals surface area contributed by atoms with Crippen molar-refractivity contribution in [2.24, 2.45) is 10.3 Å². The highest BCUT2D eigenvalue weighted by atomic mass is 16.6. The number of hydrogen-bond acceptors (Lipinski definition) is 3. The summed E-state index contributed by atoms with van der Waals surface area (Å²) >= 11 is 0. The lowest BCUT2D eigenvalue weighted by atomic mass is 10.2. The largest absolute Gasteiger partial charge is 0.603 e. The van der Waals surface area contributed by atoms with Crippen LogP contribution in [0.3, 0.4) is 0 Å². The molecule has 0 radical (unpaired) electrons. The molecule has 0 aromatic heterocycles. The predicted octanol–water partition coefficient (Wildman–Crippen LogP) is 1.88. The van der Waals surface area contributed by atoms with E-state index in [2.05, 4.69) is 10.3 Å². The van der Waals surface area contributed by atoms with E-state index >= 15 is 0 Å². The van der Waals surface area contributed by atoms with Crippen molar-refractivity contribution in [1.29, 1.82) is 0 Å². The summed E-state index contributed by atoms with van der Waals surface area (Å²) in [5.41, 5.74) is 1.01. The van der Waals surface area contributed by atoms with Gasteiger partial charge in [-0.15, -0.1) is 5.11 Å². The fourth-order valence-electron chi connectivity index (χ4n) is 1.39. The van der Waals surface area contributed by atoms with Gasteiger partial charge in [0.2, 0.25) is 0 Å². The van der Waals surface area contributed by atoms with Crippen molar-refractivity contribution in [3.8, 4) is 0 Å². The van der Waals surface area contributed by atoms with Crippen LogP contribution in [0.1, 0.15) is 5.56 Å². The fourth-order valence-corrected chi connectivity index (χ4v) is 1.39. The Bertz CT molecular complexity index is 312. The Morgan fingerprint density at radius 1 is 1.31 bits per heavy atom. The minimum atomic E-state index is -0.552. The van der Waals surface area contributed by atoms with Crippen LogP contribution in [0.2, 0.25) is 0 Å². The number of benzene rings is 1. The average Bonchev–Trinajstić information content (AvgIpc) is 2.54. The van der Waals surface area contributed by atoms with E-state index in [1.165, 1.54) is 0 Å². The maximum Gasteiger partial charge on any atom is 0.130 e. The lowest BCUT2D eigenvalue weighted by Crippen LogP contribution is -2.33. The molecule has 1 aromatic rings. The molecular weight excluding hydrogens is 166 g/mol. The zero-order valence-corrected chi connectivity index (χ0v) is 7.26. The van der Waals surface area contributed by atoms with Crippen LogP contribution in [0.15, 0.2) is 40.7 Å². The number of nitrogens with zero attached hydrogens (tertiary/aromatic N) is 3. The fraction of sp³-hybridized carbons (Fsp3) is 0.333. The predicted molar refractivity (Wildman–Crippen MR) is 48.4 cm³/mol. The van der Waals surface area contributed by atoms with Gasteiger partial charge in [-0.25, -0.2) is 4.76 Å². The molecule has 4 nitrogen and oxygen atoms in total. The molecule has 0 N–H and O–H groups in total. The number of quaternary nitrogens is 1. The summed E-state index contributed by atoms with van der Waals surface area (Å²) in [4.78, 5) is 0. The first-order chi connectivity index (χ1) is 6.29. The van der Waals surface area contributed by atoms with Gasteiger partial charge in [-0.1, -0.05) is 30.3 Å². The summed E-state index contributed by atoms with van der Waals surface area (Å²) in [5.74, 6) is 0. The Hall–Kier alpha value is -1.26. The van der Waals surface area contributed by atoms with Gasteiger partial charge in [0, 0.05) is 10.8 Å². The normalized spacial score (nSPS) is 26.5. The van der Waals surface area contributed by atoms with E-state index in [9.17, 15) is 5.21 Å². The van der Waals surface area contributed by atoms with Gasteiger partial charge in [-0.2, -0.15) is 0 Å². The van der Waals surface area contributed by atoms with E-state index in [4.69, 9.17) is 0 Å². The first-order valence-corrected chi connectivity index (χ1v) is 4.30. The number of rotatable bonds is 2. The van der Waals surface area contributed by atoms with Crippen LogP contribution in [-0.4, -0.2) is 17.8 Å². The second-order valence-electron chi connectivity index (χ2n) is 3.17. The average molecular weight is 177 g/mol. The smallest absolute Gasteiger partial charge is 0.130 e. The van der Waals surface area contributed by atoms with Crippen LogP contribution in [-0.2, 0) is 6.54 Å². The molecule has 2 rings (SSSR count). The highest BCUT2D eigenvalue weighted by Crippen LogP contribution is 2.17. The number of hydroxylamine groups is 2. The molecule has 0 fully saturated rings. The SMILES string of the molecule is [O-][N+]1(Cc2ccccc2)CCN=N1. The lowest BCUT2D eigenvalue weighted by Gasteiger charge is -2.29. The Labute approximate surface area is 76.7 Å². The monoisotopic (exact) mass is 177 g/mol. The molecule has 0 aliphatic carbocycles. The van der Waals surface area contributed by atoms with Crippen molar-refractivity contribution in [2.75, 3.05) is 13.1 Å². The van der Waals surface area contributed by atoms with Crippen molar-refractivity contribution >= 4 is 0 Å². The van der Waals surface area contributed by atoms with Crippen LogP contribution in [0, 0.1) is 5.21 Å². The maximum absolute atomic E-state index is 11.7. The van der Waals surface area contributed by atoms with Crippen molar-refractivity contribution in [1.82, 2.24) is 0 Å². The molecule has 4 heteroatoms. The molecule has 0 saturated heterocycles. The summed E-state index contributed by atoms with van der Waals surface area (Å²) in [6.07, 6.45) is 0. The van der Waals surface area contributed by atoms with Crippen LogP contribution in [0.25, 0.3) is 0 Å². The Balaban J connectivity index is 2.10. The van der Waals surface area contributed by atoms with Gasteiger partial charge in [0.15, 0.2) is 0 Å². The summed E-state index contributed by atoms with van der Waals surface area (Å²) in [7, 11) is 0. The molecular formula is C9H11N3O. The van der Waals surface area contributed by atoms with Crippen LogP contribution >= 0.6 is 0 Å². The van der Waals surface area contributed by atoms with Crippen molar-refractivity contribution < 1.29 is 4.76 Å². The molecule has 68 valence electrons. The Morgan fingerprint density at radius 3 is 2.69 bits per heavy atom. The van der Waals surface area contributed by atoms with Gasteiger partial charge in [0.25, 0.3) is 0 Å². The van der Waals surface area contributed by atoms with E-state index in [1.807, 2.05) is 30.3 Å². The number of hydrogen-bond donors (Lipinski definition) is 0. The summed E-state index contributed by atoms with van der Waals surface area (Å²) < 4.78 is -0.552. The molecule has 1 heterocycles. The molecule has 1 atom stereocenters. The molecule has 0 bridgehead atoms. The van der Waals surface area contributed by atoms with Crippen molar-refractivity contribution in [3.05, 3.63) is 41.1 Å². The highest BCUT2D eigenvalue weighted by molar-refractivity contribution is 5.13. The van der Waals surface area contributed by atoms with E-state index in [0.29, 0.717) is 19.6 Å². The molecule has 0 saturated carbocycles. The van der Waals surface area contributed by atoms with E-state index in [-0.39, 0.29) is 0 Å². The third-order valence-corrected chi connectivity index (χ3v) is 2.05. The van der Waals surface area contributed by atoms with Crippen molar-refractivity contribution in [3.63, 3.8) is 0 Å². The van der Waals surface area contributed by atoms with Gasteiger partial charge < -0.3 is 5.21 Å². The molecule has 1 aromatic carbocycles. The minimum absolute atomic E-state index is 0.393. The quantitative estimate of drug-likeness (QED) is 0.502. The van der Waals surface area contributed by atoms with Gasteiger partial charge in [0.1, 0.15) is 19.6 Å². The molecule has 13 heavy (non-hydrogen) atoms. The zero-order valence-electron chi connectivity index (χ0n) is 7.26. The second kappa shape index (κ2) is 3.24. The molecule has 1 unspecified atom stereocenters. The van der Waals surface area contributed by atoms with Gasteiger partial charge in [-0.3, -0.25) is 0 Å². The maximum atomic E-state index is 11.7. The van der Waals surface area contributed by atoms with Crippen LogP contribution in [0.5, 0.6) is 0 Å². The zero-order chi connectivity index (χ0) is 9.15. The second-order valence-corrected chi connectivity index (χ2v) is 3.17. The molecule has 1 aliphatic rings. The molecule has 1 aliphatic heterocycles. The third-order valence-electron chi connectivity index (χ3n) is 2.05. The first kappa shape index (κ1) is 8.34. The van der Waals surface area contributed by atoms with Gasteiger partial charge >= 0.3 is 0 Å². The topological polar surface area (TPSA) is 47.8 Å². The van der Waals surface area contributed by atoms with Gasteiger partial charge in [-0.05, 0) is 0 Å². The summed E-state index contributed by atoms with van der Waals surface area (Å²) in [6.45, 7) is 1.41. The van der Waals surface area contributed by atoms with Crippen LogP contribution in [0.4, 0.5) is 0 Å². The van der Waals surface area contributed by atoms with Crippen molar-refractivity contribution in [2.45, 2.75) is 6.54 Å². The van der Waals surface area contributed by atoms with E-state index < -0.39 is 4.76 Å². The summed E-state index contributed by atoms with van der Waals surface area (Å²) in [5, 5.41) is 19.1.